The second kappa shape index (κ2) is 7.61. The van der Waals surface area contributed by atoms with Crippen molar-refractivity contribution in [3.8, 4) is 11.5 Å². The highest BCUT2D eigenvalue weighted by Gasteiger charge is 2.09. The number of aromatic amines is 1. The van der Waals surface area contributed by atoms with Gasteiger partial charge in [0.1, 0.15) is 6.61 Å². The Morgan fingerprint density at radius 2 is 2.00 bits per heavy atom. The molecule has 0 bridgehead atoms. The van der Waals surface area contributed by atoms with Gasteiger partial charge in [0, 0.05) is 26.3 Å². The van der Waals surface area contributed by atoms with Gasteiger partial charge in [-0.2, -0.15) is 0 Å². The third-order valence-electron chi connectivity index (χ3n) is 2.95. The summed E-state index contributed by atoms with van der Waals surface area (Å²) in [6.07, 6.45) is 1.37. The van der Waals surface area contributed by atoms with Gasteiger partial charge in [0.25, 0.3) is 5.56 Å². The second-order valence-corrected chi connectivity index (χ2v) is 4.34. The van der Waals surface area contributed by atoms with Gasteiger partial charge in [0.15, 0.2) is 11.5 Å². The minimum Gasteiger partial charge on any atom is -0.493 e. The van der Waals surface area contributed by atoms with E-state index in [0.29, 0.717) is 42.2 Å². The van der Waals surface area contributed by atoms with Crippen LogP contribution in [0.3, 0.4) is 0 Å². The summed E-state index contributed by atoms with van der Waals surface area (Å²) in [6.45, 7) is 2.60. The summed E-state index contributed by atoms with van der Waals surface area (Å²) in [7, 11) is 3.20. The number of ether oxygens (including phenoxy) is 3. The van der Waals surface area contributed by atoms with Crippen molar-refractivity contribution in [3.63, 3.8) is 0 Å². The smallest absolute Gasteiger partial charge is 0.258 e. The molecule has 0 radical (unpaired) electrons. The van der Waals surface area contributed by atoms with Gasteiger partial charge in [-0.15, -0.1) is 0 Å². The highest BCUT2D eigenvalue weighted by molar-refractivity contribution is 5.81. The van der Waals surface area contributed by atoms with Crippen molar-refractivity contribution in [2.24, 2.45) is 0 Å². The van der Waals surface area contributed by atoms with E-state index in [1.807, 2.05) is 0 Å². The molecule has 1 aromatic carbocycles. The minimum absolute atomic E-state index is 0.203. The van der Waals surface area contributed by atoms with Crippen LogP contribution in [0.1, 0.15) is 0 Å². The first-order chi connectivity index (χ1) is 10.3. The van der Waals surface area contributed by atoms with Crippen LogP contribution in [0.25, 0.3) is 10.9 Å². The molecule has 21 heavy (non-hydrogen) atoms. The third-order valence-corrected chi connectivity index (χ3v) is 2.95. The first kappa shape index (κ1) is 15.3. The summed E-state index contributed by atoms with van der Waals surface area (Å²) in [5.74, 6) is 1.08. The molecule has 0 saturated heterocycles. The molecule has 0 fully saturated rings. The zero-order valence-electron chi connectivity index (χ0n) is 12.1. The Morgan fingerprint density at radius 3 is 2.76 bits per heavy atom. The lowest BCUT2D eigenvalue weighted by molar-refractivity contribution is 0.196. The Hall–Kier alpha value is -2.12. The molecule has 1 heterocycles. The lowest BCUT2D eigenvalue weighted by Gasteiger charge is -2.12. The van der Waals surface area contributed by atoms with Crippen molar-refractivity contribution in [2.75, 3.05) is 40.5 Å². The molecule has 0 spiro atoms. The molecule has 2 aromatic rings. The number of nitrogens with zero attached hydrogens (tertiary/aromatic N) is 1. The van der Waals surface area contributed by atoms with Crippen LogP contribution in [0.4, 0.5) is 0 Å². The van der Waals surface area contributed by atoms with Crippen LogP contribution in [0.2, 0.25) is 0 Å². The van der Waals surface area contributed by atoms with Gasteiger partial charge in [-0.1, -0.05) is 0 Å². The Morgan fingerprint density at radius 1 is 1.19 bits per heavy atom. The maximum atomic E-state index is 11.7. The minimum atomic E-state index is -0.203. The summed E-state index contributed by atoms with van der Waals surface area (Å²) >= 11 is 0. The van der Waals surface area contributed by atoms with Crippen LogP contribution >= 0.6 is 0 Å². The first-order valence-electron chi connectivity index (χ1n) is 6.64. The number of rotatable bonds is 8. The van der Waals surface area contributed by atoms with E-state index in [-0.39, 0.29) is 5.56 Å². The predicted molar refractivity (Wildman–Crippen MR) is 79.2 cm³/mol. The second-order valence-electron chi connectivity index (χ2n) is 4.34. The van der Waals surface area contributed by atoms with Gasteiger partial charge >= 0.3 is 0 Å². The number of hydrogen-bond acceptors (Lipinski definition) is 6. The number of fused-ring (bicyclic) bond motifs is 1. The summed E-state index contributed by atoms with van der Waals surface area (Å²) in [4.78, 5) is 18.4. The van der Waals surface area contributed by atoms with Crippen molar-refractivity contribution >= 4 is 10.9 Å². The van der Waals surface area contributed by atoms with Gasteiger partial charge < -0.3 is 24.5 Å². The van der Waals surface area contributed by atoms with E-state index in [1.54, 1.807) is 19.2 Å². The lowest BCUT2D eigenvalue weighted by Crippen LogP contribution is -2.24. The highest BCUT2D eigenvalue weighted by atomic mass is 16.5. The normalized spacial score (nSPS) is 10.8. The standard InChI is InChI=1S/C14H19N3O4/c1-19-5-3-15-4-6-21-13-8-11-10(7-12(13)20-2)14(18)17-9-16-11/h7-9,15H,3-6H2,1-2H3,(H,16,17,18). The quantitative estimate of drug-likeness (QED) is 0.691. The zero-order chi connectivity index (χ0) is 15.1. The number of benzene rings is 1. The van der Waals surface area contributed by atoms with Crippen LogP contribution in [-0.2, 0) is 4.74 Å². The molecule has 1 aromatic heterocycles. The molecule has 7 heteroatoms. The van der Waals surface area contributed by atoms with Crippen molar-refractivity contribution < 1.29 is 14.2 Å². The van der Waals surface area contributed by atoms with Crippen LogP contribution in [0.5, 0.6) is 11.5 Å². The maximum absolute atomic E-state index is 11.7. The Labute approximate surface area is 122 Å². The van der Waals surface area contributed by atoms with E-state index < -0.39 is 0 Å². The topological polar surface area (TPSA) is 85.5 Å². The van der Waals surface area contributed by atoms with E-state index in [1.165, 1.54) is 13.4 Å². The molecule has 0 saturated carbocycles. The van der Waals surface area contributed by atoms with E-state index in [9.17, 15) is 4.79 Å². The van der Waals surface area contributed by atoms with E-state index >= 15 is 0 Å². The average Bonchev–Trinajstić information content (AvgIpc) is 2.50. The molecule has 0 aliphatic rings. The molecule has 0 unspecified atom stereocenters. The number of nitrogens with one attached hydrogen (secondary N) is 2. The molecular formula is C14H19N3O4. The summed E-state index contributed by atoms with van der Waals surface area (Å²) in [5.41, 5.74) is 0.368. The summed E-state index contributed by atoms with van der Waals surface area (Å²) in [6, 6.07) is 3.34. The van der Waals surface area contributed by atoms with Crippen LogP contribution < -0.4 is 20.3 Å². The fourth-order valence-electron chi connectivity index (χ4n) is 1.88. The van der Waals surface area contributed by atoms with E-state index in [4.69, 9.17) is 14.2 Å². The van der Waals surface area contributed by atoms with E-state index in [2.05, 4.69) is 15.3 Å². The molecule has 7 nitrogen and oxygen atoms in total. The molecule has 0 aliphatic carbocycles. The molecule has 0 amide bonds. The number of hydrogen-bond donors (Lipinski definition) is 2. The summed E-state index contributed by atoms with van der Waals surface area (Å²) in [5, 5.41) is 3.65. The fraction of sp³-hybridized carbons (Fsp3) is 0.429. The molecule has 2 rings (SSSR count). The van der Waals surface area contributed by atoms with Gasteiger partial charge in [0.05, 0.1) is 30.9 Å². The largest absolute Gasteiger partial charge is 0.493 e. The number of methoxy groups -OCH3 is 2. The average molecular weight is 293 g/mol. The molecule has 0 aliphatic heterocycles. The Balaban J connectivity index is 2.06. The maximum Gasteiger partial charge on any atom is 0.258 e. The van der Waals surface area contributed by atoms with Crippen LogP contribution in [-0.4, -0.2) is 50.5 Å². The molecular weight excluding hydrogens is 274 g/mol. The van der Waals surface area contributed by atoms with Crippen molar-refractivity contribution in [1.29, 1.82) is 0 Å². The van der Waals surface area contributed by atoms with E-state index in [0.717, 1.165) is 6.54 Å². The SMILES string of the molecule is COCCNCCOc1cc2nc[nH]c(=O)c2cc1OC. The molecule has 0 atom stereocenters. The van der Waals surface area contributed by atoms with Gasteiger partial charge in [-0.25, -0.2) is 4.98 Å². The monoisotopic (exact) mass is 293 g/mol. The van der Waals surface area contributed by atoms with Gasteiger partial charge in [-0.05, 0) is 6.07 Å². The predicted octanol–water partition coefficient (Wildman–Crippen LogP) is 0.546. The van der Waals surface area contributed by atoms with Crippen LogP contribution in [0, 0.1) is 0 Å². The van der Waals surface area contributed by atoms with Crippen molar-refractivity contribution in [3.05, 3.63) is 28.8 Å². The number of aromatic nitrogens is 2. The Kier molecular flexibility index (Phi) is 5.53. The van der Waals surface area contributed by atoms with Crippen molar-refractivity contribution in [1.82, 2.24) is 15.3 Å². The van der Waals surface area contributed by atoms with Crippen LogP contribution in [0.15, 0.2) is 23.3 Å². The Bertz CT molecular complexity index is 642. The number of H-pyrrole nitrogens is 1. The van der Waals surface area contributed by atoms with Gasteiger partial charge in [0.2, 0.25) is 0 Å². The molecule has 114 valence electrons. The zero-order valence-corrected chi connectivity index (χ0v) is 12.1. The van der Waals surface area contributed by atoms with Crippen molar-refractivity contribution in [2.45, 2.75) is 0 Å². The summed E-state index contributed by atoms with van der Waals surface area (Å²) < 4.78 is 15.9. The van der Waals surface area contributed by atoms with Gasteiger partial charge in [-0.3, -0.25) is 4.79 Å². The highest BCUT2D eigenvalue weighted by Crippen LogP contribution is 2.30. The molecule has 2 N–H and O–H groups in total. The lowest BCUT2D eigenvalue weighted by atomic mass is 10.2. The third kappa shape index (κ3) is 3.93. The first-order valence-corrected chi connectivity index (χ1v) is 6.64. The fourth-order valence-corrected chi connectivity index (χ4v) is 1.88.